The van der Waals surface area contributed by atoms with Crippen LogP contribution in [0.5, 0.6) is 0 Å². The summed E-state index contributed by atoms with van der Waals surface area (Å²) in [6.45, 7) is 4.00. The molecule has 0 spiro atoms. The lowest BCUT2D eigenvalue weighted by Gasteiger charge is -2.09. The lowest BCUT2D eigenvalue weighted by atomic mass is 10.2. The number of alkyl halides is 1. The average molecular weight is 292 g/mol. The van der Waals surface area contributed by atoms with Gasteiger partial charge < -0.3 is 5.32 Å². The van der Waals surface area contributed by atoms with E-state index in [0.717, 1.165) is 35.4 Å². The van der Waals surface area contributed by atoms with E-state index in [1.165, 1.54) is 0 Å². The topological polar surface area (TPSA) is 54.9 Å². The fourth-order valence-electron chi connectivity index (χ4n) is 1.11. The van der Waals surface area contributed by atoms with Gasteiger partial charge in [-0.15, -0.1) is 5.10 Å². The molecule has 1 unspecified atom stereocenters. The molecule has 1 amide bonds. The summed E-state index contributed by atoms with van der Waals surface area (Å²) < 4.78 is 3.81. The molecule has 1 aromatic rings. The van der Waals surface area contributed by atoms with Gasteiger partial charge in [0.2, 0.25) is 0 Å². The largest absolute Gasteiger partial charge is 0.348 e. The molecule has 0 aliphatic rings. The number of aryl methyl sites for hydroxylation is 1. The molecular weight excluding hydrogens is 278 g/mol. The quantitative estimate of drug-likeness (QED) is 0.845. The number of hydrogen-bond acceptors (Lipinski definition) is 4. The number of aromatic nitrogens is 2. The zero-order valence-electron chi connectivity index (χ0n) is 8.79. The predicted octanol–water partition coefficient (Wildman–Crippen LogP) is 2.00. The Morgan fingerprint density at radius 2 is 2.40 bits per heavy atom. The molecule has 1 heterocycles. The highest BCUT2D eigenvalue weighted by Crippen LogP contribution is 2.12. The van der Waals surface area contributed by atoms with Crippen LogP contribution >= 0.6 is 27.5 Å². The summed E-state index contributed by atoms with van der Waals surface area (Å²) in [7, 11) is 0. The van der Waals surface area contributed by atoms with Crippen LogP contribution in [0.25, 0.3) is 0 Å². The fraction of sp³-hybridized carbons (Fsp3) is 0.667. The van der Waals surface area contributed by atoms with Gasteiger partial charge in [-0.3, -0.25) is 4.79 Å². The fourth-order valence-corrected chi connectivity index (χ4v) is 1.88. The van der Waals surface area contributed by atoms with Gasteiger partial charge >= 0.3 is 0 Å². The normalized spacial score (nSPS) is 12.5. The highest BCUT2D eigenvalue weighted by Gasteiger charge is 2.16. The van der Waals surface area contributed by atoms with Crippen LogP contribution in [0.4, 0.5) is 0 Å². The van der Waals surface area contributed by atoms with Gasteiger partial charge in [-0.25, -0.2) is 0 Å². The van der Waals surface area contributed by atoms with Crippen LogP contribution in [0.15, 0.2) is 0 Å². The van der Waals surface area contributed by atoms with Gasteiger partial charge in [0.25, 0.3) is 5.91 Å². The monoisotopic (exact) mass is 291 g/mol. The van der Waals surface area contributed by atoms with Crippen molar-refractivity contribution in [1.82, 2.24) is 14.9 Å². The second-order valence-electron chi connectivity index (χ2n) is 3.33. The molecule has 0 aliphatic heterocycles. The molecule has 0 fully saturated rings. The number of nitrogens with zero attached hydrogens (tertiary/aromatic N) is 2. The number of halogens is 1. The Morgan fingerprint density at radius 3 is 3.00 bits per heavy atom. The van der Waals surface area contributed by atoms with Gasteiger partial charge in [-0.1, -0.05) is 33.8 Å². The summed E-state index contributed by atoms with van der Waals surface area (Å²) in [4.78, 5) is 12.4. The summed E-state index contributed by atoms with van der Waals surface area (Å²) in [5.74, 6) is -0.0691. The Morgan fingerprint density at radius 1 is 1.67 bits per heavy atom. The van der Waals surface area contributed by atoms with Crippen LogP contribution in [-0.4, -0.2) is 26.9 Å². The van der Waals surface area contributed by atoms with Gasteiger partial charge in [0.05, 0.1) is 5.69 Å². The SMILES string of the molecule is CCCc1nnsc1C(=O)NC(C)CBr. The zero-order valence-corrected chi connectivity index (χ0v) is 11.2. The second-order valence-corrected chi connectivity index (χ2v) is 4.73. The van der Waals surface area contributed by atoms with Crippen LogP contribution in [-0.2, 0) is 6.42 Å². The van der Waals surface area contributed by atoms with Crippen LogP contribution in [0, 0.1) is 0 Å². The highest BCUT2D eigenvalue weighted by atomic mass is 79.9. The van der Waals surface area contributed by atoms with Gasteiger partial charge in [0, 0.05) is 11.4 Å². The molecule has 6 heteroatoms. The molecule has 1 N–H and O–H groups in total. The molecule has 0 saturated carbocycles. The summed E-state index contributed by atoms with van der Waals surface area (Å²) in [6.07, 6.45) is 1.78. The van der Waals surface area contributed by atoms with Crippen molar-refractivity contribution in [3.05, 3.63) is 10.6 Å². The molecular formula is C9H14BrN3OS. The number of carbonyl (C=O) groups excluding carboxylic acids is 1. The summed E-state index contributed by atoms with van der Waals surface area (Å²) >= 11 is 4.47. The standard InChI is InChI=1S/C9H14BrN3OS/c1-3-4-7-8(15-13-12-7)9(14)11-6(2)5-10/h6H,3-5H2,1-2H3,(H,11,14). The van der Waals surface area contributed by atoms with E-state index >= 15 is 0 Å². The maximum atomic E-state index is 11.8. The molecule has 4 nitrogen and oxygen atoms in total. The van der Waals surface area contributed by atoms with Crippen molar-refractivity contribution < 1.29 is 4.79 Å². The Hall–Kier alpha value is -0.490. The van der Waals surface area contributed by atoms with E-state index in [1.54, 1.807) is 0 Å². The first-order valence-electron chi connectivity index (χ1n) is 4.87. The van der Waals surface area contributed by atoms with E-state index in [2.05, 4.69) is 37.8 Å². The summed E-state index contributed by atoms with van der Waals surface area (Å²) in [5.41, 5.74) is 0.807. The van der Waals surface area contributed by atoms with E-state index in [1.807, 2.05) is 6.92 Å². The summed E-state index contributed by atoms with van der Waals surface area (Å²) in [6, 6.07) is 0.120. The minimum absolute atomic E-state index is 0.0691. The number of carbonyl (C=O) groups is 1. The minimum atomic E-state index is -0.0691. The molecule has 1 rings (SSSR count). The first-order chi connectivity index (χ1) is 7.19. The van der Waals surface area contributed by atoms with Gasteiger partial charge in [-0.2, -0.15) is 0 Å². The molecule has 0 aliphatic carbocycles. The van der Waals surface area contributed by atoms with Gasteiger partial charge in [-0.05, 0) is 24.9 Å². The van der Waals surface area contributed by atoms with Crippen molar-refractivity contribution in [3.8, 4) is 0 Å². The van der Waals surface area contributed by atoms with Crippen LogP contribution in [0.1, 0.15) is 35.6 Å². The molecule has 0 bridgehead atoms. The molecule has 0 saturated heterocycles. The first kappa shape index (κ1) is 12.6. The number of amides is 1. The van der Waals surface area contributed by atoms with Crippen LogP contribution < -0.4 is 5.32 Å². The maximum absolute atomic E-state index is 11.8. The van der Waals surface area contributed by atoms with Crippen molar-refractivity contribution >= 4 is 33.4 Å². The lowest BCUT2D eigenvalue weighted by molar-refractivity contribution is 0.0947. The third-order valence-electron chi connectivity index (χ3n) is 1.86. The average Bonchev–Trinajstić information content (AvgIpc) is 2.66. The summed E-state index contributed by atoms with van der Waals surface area (Å²) in [5, 5.41) is 7.58. The molecule has 0 radical (unpaired) electrons. The van der Waals surface area contributed by atoms with Crippen molar-refractivity contribution in [2.45, 2.75) is 32.7 Å². The molecule has 15 heavy (non-hydrogen) atoms. The molecule has 1 atom stereocenters. The van der Waals surface area contributed by atoms with Crippen molar-refractivity contribution in [2.24, 2.45) is 0 Å². The Balaban J connectivity index is 2.68. The highest BCUT2D eigenvalue weighted by molar-refractivity contribution is 9.09. The number of nitrogens with one attached hydrogen (secondary N) is 1. The van der Waals surface area contributed by atoms with Crippen molar-refractivity contribution in [3.63, 3.8) is 0 Å². The maximum Gasteiger partial charge on any atom is 0.265 e. The third-order valence-corrected chi connectivity index (χ3v) is 3.60. The first-order valence-corrected chi connectivity index (χ1v) is 6.76. The van der Waals surface area contributed by atoms with Crippen molar-refractivity contribution in [1.29, 1.82) is 0 Å². The van der Waals surface area contributed by atoms with Gasteiger partial charge in [0.15, 0.2) is 0 Å². The van der Waals surface area contributed by atoms with E-state index in [4.69, 9.17) is 0 Å². The second kappa shape index (κ2) is 6.17. The van der Waals surface area contributed by atoms with E-state index in [-0.39, 0.29) is 11.9 Å². The van der Waals surface area contributed by atoms with E-state index in [0.29, 0.717) is 4.88 Å². The van der Waals surface area contributed by atoms with Crippen LogP contribution in [0.3, 0.4) is 0 Å². The van der Waals surface area contributed by atoms with E-state index < -0.39 is 0 Å². The Bertz CT molecular complexity index is 329. The lowest BCUT2D eigenvalue weighted by Crippen LogP contribution is -2.33. The smallest absolute Gasteiger partial charge is 0.265 e. The molecule has 1 aromatic heterocycles. The molecule has 0 aromatic carbocycles. The number of rotatable bonds is 5. The number of hydrogen-bond donors (Lipinski definition) is 1. The van der Waals surface area contributed by atoms with Gasteiger partial charge in [0.1, 0.15) is 4.88 Å². The van der Waals surface area contributed by atoms with E-state index in [9.17, 15) is 4.79 Å². The zero-order chi connectivity index (χ0) is 11.3. The minimum Gasteiger partial charge on any atom is -0.348 e. The van der Waals surface area contributed by atoms with Crippen molar-refractivity contribution in [2.75, 3.05) is 5.33 Å². The Kier molecular flexibility index (Phi) is 5.17. The predicted molar refractivity (Wildman–Crippen MR) is 64.6 cm³/mol. The third kappa shape index (κ3) is 3.53. The molecule has 84 valence electrons. The Labute approximate surface area is 102 Å². The van der Waals surface area contributed by atoms with Crippen LogP contribution in [0.2, 0.25) is 0 Å².